The highest BCUT2D eigenvalue weighted by molar-refractivity contribution is 6.43. The number of rotatable bonds is 7. The molecule has 0 saturated carbocycles. The van der Waals surface area contributed by atoms with Crippen molar-refractivity contribution in [3.63, 3.8) is 0 Å². The third-order valence-corrected chi connectivity index (χ3v) is 3.99. The van der Waals surface area contributed by atoms with Crippen LogP contribution in [0.25, 0.3) is 0 Å². The summed E-state index contributed by atoms with van der Waals surface area (Å²) in [6.45, 7) is 1.51. The van der Waals surface area contributed by atoms with E-state index >= 15 is 0 Å². The minimum absolute atomic E-state index is 0.242. The molecule has 6 nitrogen and oxygen atoms in total. The summed E-state index contributed by atoms with van der Waals surface area (Å²) in [5.74, 6) is 0.233. The topological polar surface area (TPSA) is 70.2 Å². The van der Waals surface area contributed by atoms with Gasteiger partial charge in [-0.25, -0.2) is 9.97 Å². The molecule has 0 aliphatic carbocycles. The maximum Gasteiger partial charge on any atom is 0.271 e. The van der Waals surface area contributed by atoms with Crippen LogP contribution in [0.4, 0.5) is 11.5 Å². The minimum Gasteiger partial charge on any atom is -0.351 e. The summed E-state index contributed by atoms with van der Waals surface area (Å²) >= 11 is 12.1. The average molecular weight is 368 g/mol. The number of nitrogens with one attached hydrogen (secondary N) is 2. The number of amides is 1. The van der Waals surface area contributed by atoms with E-state index in [4.69, 9.17) is 23.2 Å². The van der Waals surface area contributed by atoms with Crippen molar-refractivity contribution in [2.45, 2.75) is 6.42 Å². The van der Waals surface area contributed by atoms with Gasteiger partial charge in [-0.2, -0.15) is 0 Å². The van der Waals surface area contributed by atoms with Crippen LogP contribution in [0.3, 0.4) is 0 Å². The first-order valence-corrected chi connectivity index (χ1v) is 8.19. The Morgan fingerprint density at radius 2 is 2.00 bits per heavy atom. The summed E-state index contributed by atoms with van der Waals surface area (Å²) in [5.41, 5.74) is 0.891. The first-order chi connectivity index (χ1) is 11.5. The fraction of sp³-hybridized carbons (Fsp3) is 0.312. The Bertz CT molecular complexity index is 691. The number of hydrogen-bond donors (Lipinski definition) is 2. The lowest BCUT2D eigenvalue weighted by Crippen LogP contribution is -2.27. The zero-order valence-corrected chi connectivity index (χ0v) is 15.0. The summed E-state index contributed by atoms with van der Waals surface area (Å²) in [4.78, 5) is 22.3. The van der Waals surface area contributed by atoms with Crippen LogP contribution in [0, 0.1) is 0 Å². The van der Waals surface area contributed by atoms with Crippen LogP contribution in [0.5, 0.6) is 0 Å². The van der Waals surface area contributed by atoms with Crippen LogP contribution < -0.4 is 10.6 Å². The number of nitrogens with zero attached hydrogens (tertiary/aromatic N) is 3. The van der Waals surface area contributed by atoms with E-state index in [0.717, 1.165) is 13.0 Å². The van der Waals surface area contributed by atoms with E-state index in [1.54, 1.807) is 18.2 Å². The summed E-state index contributed by atoms with van der Waals surface area (Å²) < 4.78 is 0. The Morgan fingerprint density at radius 1 is 1.21 bits per heavy atom. The number of benzene rings is 1. The molecule has 0 radical (unpaired) electrons. The van der Waals surface area contributed by atoms with Crippen molar-refractivity contribution in [1.82, 2.24) is 20.2 Å². The maximum absolute atomic E-state index is 12.0. The van der Waals surface area contributed by atoms with Gasteiger partial charge >= 0.3 is 0 Å². The van der Waals surface area contributed by atoms with Gasteiger partial charge < -0.3 is 15.5 Å². The van der Waals surface area contributed by atoms with Crippen LogP contribution in [0.2, 0.25) is 10.0 Å². The fourth-order valence-corrected chi connectivity index (χ4v) is 2.28. The van der Waals surface area contributed by atoms with E-state index < -0.39 is 0 Å². The molecule has 0 fully saturated rings. The van der Waals surface area contributed by atoms with Gasteiger partial charge in [0, 0.05) is 6.54 Å². The normalized spacial score (nSPS) is 10.7. The Morgan fingerprint density at radius 3 is 2.67 bits per heavy atom. The predicted octanol–water partition coefficient (Wildman–Crippen LogP) is 3.21. The second-order valence-electron chi connectivity index (χ2n) is 5.43. The molecule has 2 N–H and O–H groups in total. The number of halogens is 2. The third kappa shape index (κ3) is 5.33. The van der Waals surface area contributed by atoms with Gasteiger partial charge in [-0.15, -0.1) is 0 Å². The molecular formula is C16H19Cl2N5O. The molecule has 2 rings (SSSR count). The van der Waals surface area contributed by atoms with Gasteiger partial charge in [-0.05, 0) is 39.2 Å². The van der Waals surface area contributed by atoms with Crippen molar-refractivity contribution in [3.05, 3.63) is 46.3 Å². The minimum atomic E-state index is -0.242. The van der Waals surface area contributed by atoms with E-state index in [1.165, 1.54) is 12.4 Å². The van der Waals surface area contributed by atoms with Crippen LogP contribution >= 0.6 is 23.2 Å². The fourth-order valence-electron chi connectivity index (χ4n) is 1.94. The monoisotopic (exact) mass is 367 g/mol. The van der Waals surface area contributed by atoms with Crippen LogP contribution in [0.1, 0.15) is 16.9 Å². The molecular weight excluding hydrogens is 349 g/mol. The second kappa shape index (κ2) is 8.82. The summed E-state index contributed by atoms with van der Waals surface area (Å²) in [7, 11) is 3.98. The van der Waals surface area contributed by atoms with E-state index in [2.05, 4.69) is 25.5 Å². The molecule has 0 spiro atoms. The lowest BCUT2D eigenvalue weighted by Gasteiger charge is -2.10. The smallest absolute Gasteiger partial charge is 0.271 e. The second-order valence-corrected chi connectivity index (χ2v) is 6.21. The van der Waals surface area contributed by atoms with Crippen LogP contribution in [0.15, 0.2) is 30.6 Å². The summed E-state index contributed by atoms with van der Waals surface area (Å²) in [5, 5.41) is 6.68. The molecule has 0 aliphatic heterocycles. The first kappa shape index (κ1) is 18.4. The standard InChI is InChI=1S/C16H19Cl2N5O/c1-23(2)8-4-7-19-16(24)13-9-21-14(10-20-13)22-12-6-3-5-11(17)15(12)18/h3,5-6,9-10H,4,7-8H2,1-2H3,(H,19,24)(H,21,22). The average Bonchev–Trinajstić information content (AvgIpc) is 2.56. The summed E-state index contributed by atoms with van der Waals surface area (Å²) in [6, 6.07) is 5.26. The van der Waals surface area contributed by atoms with Crippen molar-refractivity contribution in [1.29, 1.82) is 0 Å². The van der Waals surface area contributed by atoms with Gasteiger partial charge in [0.05, 0.1) is 28.1 Å². The summed E-state index contributed by atoms with van der Waals surface area (Å²) in [6.07, 6.45) is 3.77. The van der Waals surface area contributed by atoms with Gasteiger partial charge in [0.2, 0.25) is 0 Å². The molecule has 0 bridgehead atoms. The van der Waals surface area contributed by atoms with Crippen molar-refractivity contribution in [3.8, 4) is 0 Å². The zero-order chi connectivity index (χ0) is 17.5. The van der Waals surface area contributed by atoms with Crippen molar-refractivity contribution >= 4 is 40.6 Å². The molecule has 0 saturated heterocycles. The van der Waals surface area contributed by atoms with Crippen LogP contribution in [-0.2, 0) is 0 Å². The number of aromatic nitrogens is 2. The molecule has 0 unspecified atom stereocenters. The molecule has 0 aliphatic rings. The van der Waals surface area contributed by atoms with Crippen molar-refractivity contribution < 1.29 is 4.79 Å². The number of carbonyl (C=O) groups excluding carboxylic acids is 1. The molecule has 1 aromatic carbocycles. The molecule has 1 aromatic heterocycles. The van der Waals surface area contributed by atoms with E-state index in [9.17, 15) is 4.79 Å². The van der Waals surface area contributed by atoms with E-state index in [-0.39, 0.29) is 11.6 Å². The van der Waals surface area contributed by atoms with Gasteiger partial charge in [-0.1, -0.05) is 29.3 Å². The first-order valence-electron chi connectivity index (χ1n) is 7.43. The van der Waals surface area contributed by atoms with Gasteiger partial charge in [0.15, 0.2) is 0 Å². The van der Waals surface area contributed by atoms with Gasteiger partial charge in [0.1, 0.15) is 11.5 Å². The van der Waals surface area contributed by atoms with Crippen LogP contribution in [-0.4, -0.2) is 48.0 Å². The van der Waals surface area contributed by atoms with Crippen molar-refractivity contribution in [2.24, 2.45) is 0 Å². The molecule has 1 heterocycles. The lowest BCUT2D eigenvalue weighted by molar-refractivity contribution is 0.0947. The lowest BCUT2D eigenvalue weighted by atomic mass is 10.3. The number of anilines is 2. The van der Waals surface area contributed by atoms with Gasteiger partial charge in [0.25, 0.3) is 5.91 Å². The highest BCUT2D eigenvalue weighted by atomic mass is 35.5. The highest BCUT2D eigenvalue weighted by Crippen LogP contribution is 2.31. The third-order valence-electron chi connectivity index (χ3n) is 3.17. The van der Waals surface area contributed by atoms with E-state index in [1.807, 2.05) is 14.1 Å². The molecule has 8 heteroatoms. The Labute approximate surface area is 151 Å². The number of hydrogen-bond acceptors (Lipinski definition) is 5. The predicted molar refractivity (Wildman–Crippen MR) is 97.3 cm³/mol. The quantitative estimate of drug-likeness (QED) is 0.735. The zero-order valence-electron chi connectivity index (χ0n) is 13.5. The molecule has 2 aromatic rings. The molecule has 128 valence electrons. The molecule has 24 heavy (non-hydrogen) atoms. The maximum atomic E-state index is 12.0. The van der Waals surface area contributed by atoms with Gasteiger partial charge in [-0.3, -0.25) is 4.79 Å². The Balaban J connectivity index is 1.93. The largest absolute Gasteiger partial charge is 0.351 e. The molecule has 0 atom stereocenters. The van der Waals surface area contributed by atoms with Crippen molar-refractivity contribution in [2.75, 3.05) is 32.5 Å². The molecule has 1 amide bonds. The SMILES string of the molecule is CN(C)CCCNC(=O)c1cnc(Nc2cccc(Cl)c2Cl)cn1. The van der Waals surface area contributed by atoms with E-state index in [0.29, 0.717) is 28.1 Å². The Kier molecular flexibility index (Phi) is 6.78. The number of carbonyl (C=O) groups is 1. The highest BCUT2D eigenvalue weighted by Gasteiger charge is 2.09. The Hall–Kier alpha value is -1.89.